The van der Waals surface area contributed by atoms with Gasteiger partial charge >= 0.3 is 12.2 Å². The van der Waals surface area contributed by atoms with E-state index in [1.807, 2.05) is 0 Å². The number of nitrogens with two attached hydrogens (primary N) is 3. The van der Waals surface area contributed by atoms with Crippen LogP contribution in [-0.4, -0.2) is 94.4 Å². The number of carbonyl (C=O) groups excluding carboxylic acids is 5. The van der Waals surface area contributed by atoms with Crippen LogP contribution in [0.4, 0.5) is 18.0 Å². The van der Waals surface area contributed by atoms with E-state index < -0.39 is 47.9 Å². The summed E-state index contributed by atoms with van der Waals surface area (Å²) in [6.45, 7) is 0.506. The van der Waals surface area contributed by atoms with Crippen molar-refractivity contribution in [2.24, 2.45) is 22.2 Å². The molecule has 0 aliphatic carbocycles. The van der Waals surface area contributed by atoms with Gasteiger partial charge in [0.25, 0.3) is 5.78 Å². The zero-order chi connectivity index (χ0) is 33.4. The van der Waals surface area contributed by atoms with E-state index in [9.17, 15) is 37.1 Å². The molecule has 45 heavy (non-hydrogen) atoms. The molecule has 16 nitrogen and oxygen atoms in total. The fourth-order valence-corrected chi connectivity index (χ4v) is 4.49. The highest BCUT2D eigenvalue weighted by Gasteiger charge is 2.44. The third kappa shape index (κ3) is 13.5. The summed E-state index contributed by atoms with van der Waals surface area (Å²) in [4.78, 5) is 67.8. The van der Waals surface area contributed by atoms with Crippen molar-refractivity contribution in [3.05, 3.63) is 11.9 Å². The monoisotopic (exact) mass is 645 g/mol. The zero-order valence-electron chi connectivity index (χ0n) is 24.9. The van der Waals surface area contributed by atoms with Crippen molar-refractivity contribution in [1.82, 2.24) is 36.3 Å². The molecule has 0 saturated heterocycles. The first-order valence-corrected chi connectivity index (χ1v) is 14.8. The number of ketones is 1. The molecule has 10 N–H and O–H groups in total. The van der Waals surface area contributed by atoms with Crippen molar-refractivity contribution in [2.75, 3.05) is 19.6 Å². The summed E-state index contributed by atoms with van der Waals surface area (Å²) in [6.07, 6.45) is -1.99. The molecule has 1 aromatic rings. The minimum absolute atomic E-state index is 0.0455. The zero-order valence-corrected chi connectivity index (χ0v) is 24.9. The van der Waals surface area contributed by atoms with Crippen molar-refractivity contribution < 1.29 is 37.1 Å². The van der Waals surface area contributed by atoms with E-state index in [1.165, 1.54) is 6.20 Å². The Morgan fingerprint density at radius 2 is 1.64 bits per heavy atom. The Morgan fingerprint density at radius 1 is 0.956 bits per heavy atom. The molecule has 2 rings (SSSR count). The van der Waals surface area contributed by atoms with Crippen LogP contribution < -0.4 is 38.5 Å². The maximum atomic E-state index is 13.4. The summed E-state index contributed by atoms with van der Waals surface area (Å²) >= 11 is 0. The van der Waals surface area contributed by atoms with Crippen molar-refractivity contribution in [1.29, 1.82) is 0 Å². The predicted octanol–water partition coefficient (Wildman–Crippen LogP) is -0.889. The number of hydrogen-bond donors (Lipinski definition) is 7. The number of halogens is 3. The average Bonchev–Trinajstić information content (AvgIpc) is 3.45. The summed E-state index contributed by atoms with van der Waals surface area (Å²) in [5, 5.41) is 17.5. The fourth-order valence-electron chi connectivity index (χ4n) is 4.49. The Bertz CT molecular complexity index is 1190. The average molecular weight is 646 g/mol. The standard InChI is InChI=1S/C26H42F3N11O5/c27-26(28,29)21(42)17-8-2-4-13-33-20(41)11-5-7-16-15-40(39-38-16)25(45)37-19(9-1-3-12-30)23(44)36-18(22(43)35-17)10-6-14-34-24(31)32/h15,17-19H,1-14,30H2,(H,33,41)(H,35,43)(H,36,44)(H,37,45)(H4,31,32,34)/t17-,18-,19-/m0/s1. The molecule has 2 heterocycles. The minimum atomic E-state index is -5.23. The summed E-state index contributed by atoms with van der Waals surface area (Å²) in [7, 11) is 0. The van der Waals surface area contributed by atoms with Crippen LogP contribution in [0.2, 0.25) is 0 Å². The van der Waals surface area contributed by atoms with E-state index in [4.69, 9.17) is 17.2 Å². The topological polar surface area (TPSA) is 255 Å². The molecular weight excluding hydrogens is 603 g/mol. The lowest BCUT2D eigenvalue weighted by Crippen LogP contribution is -2.57. The molecule has 0 unspecified atom stereocenters. The number of aliphatic imine (C=N–C) groups is 1. The number of fused-ring (bicyclic) bond motifs is 2. The van der Waals surface area contributed by atoms with Crippen LogP contribution in [0.1, 0.15) is 69.9 Å². The lowest BCUT2D eigenvalue weighted by atomic mass is 10.0. The number of guanidine groups is 1. The number of carbonyl (C=O) groups is 5. The first-order valence-electron chi connectivity index (χ1n) is 14.8. The number of alkyl halides is 3. The van der Waals surface area contributed by atoms with Gasteiger partial charge in [-0.2, -0.15) is 17.9 Å². The van der Waals surface area contributed by atoms with Crippen LogP contribution >= 0.6 is 0 Å². The second-order valence-electron chi connectivity index (χ2n) is 10.6. The van der Waals surface area contributed by atoms with Gasteiger partial charge in [-0.15, -0.1) is 5.10 Å². The molecule has 252 valence electrons. The lowest BCUT2D eigenvalue weighted by molar-refractivity contribution is -0.174. The molecule has 1 aromatic heterocycles. The lowest BCUT2D eigenvalue weighted by Gasteiger charge is -2.25. The van der Waals surface area contributed by atoms with Gasteiger partial charge in [-0.1, -0.05) is 5.21 Å². The molecule has 0 saturated carbocycles. The summed E-state index contributed by atoms with van der Waals surface area (Å²) in [6, 6.07) is -5.32. The van der Waals surface area contributed by atoms with Crippen LogP contribution in [0, 0.1) is 0 Å². The first kappa shape index (κ1) is 36.9. The van der Waals surface area contributed by atoms with E-state index in [0.717, 1.165) is 4.68 Å². The van der Waals surface area contributed by atoms with Gasteiger partial charge < -0.3 is 38.5 Å². The van der Waals surface area contributed by atoms with Crippen molar-refractivity contribution >= 4 is 35.5 Å². The molecule has 0 aromatic carbocycles. The van der Waals surface area contributed by atoms with E-state index >= 15 is 0 Å². The third-order valence-corrected chi connectivity index (χ3v) is 6.88. The third-order valence-electron chi connectivity index (χ3n) is 6.88. The van der Waals surface area contributed by atoms with Gasteiger partial charge in [0.05, 0.1) is 17.9 Å². The number of rotatable bonds is 9. The maximum absolute atomic E-state index is 13.4. The molecule has 1 aliphatic rings. The number of Topliss-reactive ketones (excluding diaryl/α,β-unsaturated/α-hetero) is 1. The summed E-state index contributed by atoms with van der Waals surface area (Å²) in [5.41, 5.74) is 16.7. The predicted molar refractivity (Wildman–Crippen MR) is 155 cm³/mol. The number of aromatic nitrogens is 3. The molecular formula is C26H42F3N11O5. The van der Waals surface area contributed by atoms with Gasteiger partial charge in [-0.3, -0.25) is 24.2 Å². The van der Waals surface area contributed by atoms with E-state index in [2.05, 4.69) is 36.6 Å². The highest BCUT2D eigenvalue weighted by Crippen LogP contribution is 2.20. The highest BCUT2D eigenvalue weighted by atomic mass is 19.4. The van der Waals surface area contributed by atoms with Crippen LogP contribution in [0.15, 0.2) is 11.2 Å². The SMILES string of the molecule is NCCCC[C@@H]1NC(=O)n2cc(nn2)CCCC(=O)NCCCC[C@@H](C(=O)C(F)(F)F)NC(=O)[C@H](CCCN=C(N)N)NC1=O. The molecule has 2 bridgehead atoms. The second-order valence-corrected chi connectivity index (χ2v) is 10.6. The Balaban J connectivity index is 2.37. The number of nitrogens with zero attached hydrogens (tertiary/aromatic N) is 4. The second kappa shape index (κ2) is 18.5. The van der Waals surface area contributed by atoms with Gasteiger partial charge in [-0.05, 0) is 70.8 Å². The molecule has 1 aliphatic heterocycles. The van der Waals surface area contributed by atoms with Gasteiger partial charge in [0.2, 0.25) is 17.7 Å². The van der Waals surface area contributed by atoms with E-state index in [1.54, 1.807) is 0 Å². The van der Waals surface area contributed by atoms with Gasteiger partial charge in [0.1, 0.15) is 12.1 Å². The van der Waals surface area contributed by atoms with Crippen LogP contribution in [-0.2, 0) is 25.6 Å². The summed E-state index contributed by atoms with van der Waals surface area (Å²) in [5.74, 6) is -4.50. The Labute approximate surface area is 257 Å². The normalized spacial score (nSPS) is 21.4. The largest absolute Gasteiger partial charge is 0.452 e. The minimum Gasteiger partial charge on any atom is -0.370 e. The maximum Gasteiger partial charge on any atom is 0.452 e. The number of aryl methyl sites for hydroxylation is 1. The van der Waals surface area contributed by atoms with Gasteiger partial charge in [-0.25, -0.2) is 4.79 Å². The first-order chi connectivity index (χ1) is 21.3. The van der Waals surface area contributed by atoms with Crippen molar-refractivity contribution in [3.63, 3.8) is 0 Å². The molecule has 19 heteroatoms. The molecule has 0 radical (unpaired) electrons. The molecule has 0 fully saturated rings. The highest BCUT2D eigenvalue weighted by molar-refractivity contribution is 5.96. The van der Waals surface area contributed by atoms with Gasteiger partial charge in [0.15, 0.2) is 5.96 Å². The quantitative estimate of drug-likeness (QED) is 0.0990. The smallest absolute Gasteiger partial charge is 0.370 e. The Hall–Kier alpha value is -4.29. The number of unbranched alkanes of at least 4 members (excludes halogenated alkanes) is 1. The Kier molecular flexibility index (Phi) is 15.2. The Morgan fingerprint density at radius 3 is 2.33 bits per heavy atom. The summed E-state index contributed by atoms with van der Waals surface area (Å²) < 4.78 is 41.2. The molecule has 4 amide bonds. The fraction of sp³-hybridized carbons (Fsp3) is 0.692. The van der Waals surface area contributed by atoms with E-state index in [-0.39, 0.29) is 69.9 Å². The van der Waals surface area contributed by atoms with Crippen LogP contribution in [0.25, 0.3) is 0 Å². The number of amides is 4. The van der Waals surface area contributed by atoms with Crippen LogP contribution in [0.3, 0.4) is 0 Å². The van der Waals surface area contributed by atoms with E-state index in [0.29, 0.717) is 37.9 Å². The molecule has 3 atom stereocenters. The van der Waals surface area contributed by atoms with Crippen molar-refractivity contribution in [2.45, 2.75) is 94.9 Å². The van der Waals surface area contributed by atoms with Gasteiger partial charge in [0, 0.05) is 19.5 Å². The number of nitrogens with one attached hydrogen (secondary N) is 4. The number of hydrogen-bond acceptors (Lipinski definition) is 9. The molecule has 0 spiro atoms. The van der Waals surface area contributed by atoms with Crippen molar-refractivity contribution in [3.8, 4) is 0 Å². The van der Waals surface area contributed by atoms with Crippen LogP contribution in [0.5, 0.6) is 0 Å².